The monoisotopic (exact) mass is 239 g/mol. The van der Waals surface area contributed by atoms with Gasteiger partial charge in [-0.25, -0.2) is 0 Å². The molecule has 0 saturated carbocycles. The molecule has 2 heteroatoms. The van der Waals surface area contributed by atoms with Crippen molar-refractivity contribution in [3.63, 3.8) is 0 Å². The minimum absolute atomic E-state index is 0.609. The van der Waals surface area contributed by atoms with E-state index < -0.39 is 0 Å². The van der Waals surface area contributed by atoms with Gasteiger partial charge in [0.25, 0.3) is 0 Å². The molecule has 0 aliphatic heterocycles. The van der Waals surface area contributed by atoms with Crippen LogP contribution in [0.15, 0.2) is 42.5 Å². The van der Waals surface area contributed by atoms with Gasteiger partial charge in [-0.15, -0.1) is 0 Å². The molecule has 2 aromatic rings. The lowest BCUT2D eigenvalue weighted by Gasteiger charge is -2.29. The SMILES string of the molecule is C[N+](C)(CCC#N)Cc1cccc2ccccc12. The molecule has 0 fully saturated rings. The van der Waals surface area contributed by atoms with Gasteiger partial charge in [-0.3, -0.25) is 0 Å². The summed E-state index contributed by atoms with van der Waals surface area (Å²) < 4.78 is 0.849. The summed E-state index contributed by atoms with van der Waals surface area (Å²) in [5.74, 6) is 0. The van der Waals surface area contributed by atoms with Crippen molar-refractivity contribution in [1.29, 1.82) is 5.26 Å². The lowest BCUT2D eigenvalue weighted by Crippen LogP contribution is -2.39. The second kappa shape index (κ2) is 5.20. The molecule has 0 atom stereocenters. The van der Waals surface area contributed by atoms with Gasteiger partial charge in [-0.2, -0.15) is 5.26 Å². The van der Waals surface area contributed by atoms with E-state index in [9.17, 15) is 0 Å². The van der Waals surface area contributed by atoms with E-state index in [0.717, 1.165) is 17.6 Å². The Bertz CT molecular complexity index is 574. The molecule has 0 bridgehead atoms. The molecule has 0 unspecified atom stereocenters. The lowest BCUT2D eigenvalue weighted by atomic mass is 10.0. The summed E-state index contributed by atoms with van der Waals surface area (Å²) in [6, 6.07) is 17.2. The fourth-order valence-corrected chi connectivity index (χ4v) is 2.32. The second-order valence-corrected chi connectivity index (χ2v) is 5.36. The zero-order valence-corrected chi connectivity index (χ0v) is 11.1. The first kappa shape index (κ1) is 12.6. The van der Waals surface area contributed by atoms with Crippen molar-refractivity contribution in [2.75, 3.05) is 20.6 Å². The highest BCUT2D eigenvalue weighted by atomic mass is 15.3. The Kier molecular flexibility index (Phi) is 3.64. The zero-order valence-electron chi connectivity index (χ0n) is 11.1. The van der Waals surface area contributed by atoms with Crippen LogP contribution in [0.25, 0.3) is 10.8 Å². The Morgan fingerprint density at radius 3 is 2.56 bits per heavy atom. The standard InChI is InChI=1S/C16H19N2/c1-18(2,12-6-11-17)13-15-9-5-8-14-7-3-4-10-16(14)15/h3-5,7-10H,6,12-13H2,1-2H3/q+1. The van der Waals surface area contributed by atoms with Crippen LogP contribution in [0.5, 0.6) is 0 Å². The number of rotatable bonds is 4. The van der Waals surface area contributed by atoms with Crippen LogP contribution in [-0.2, 0) is 6.54 Å². The summed E-state index contributed by atoms with van der Waals surface area (Å²) >= 11 is 0. The Labute approximate surface area is 109 Å². The summed E-state index contributed by atoms with van der Waals surface area (Å²) in [6.07, 6.45) is 0.609. The average Bonchev–Trinajstić information content (AvgIpc) is 2.37. The summed E-state index contributed by atoms with van der Waals surface area (Å²) in [4.78, 5) is 0. The third-order valence-corrected chi connectivity index (χ3v) is 3.31. The van der Waals surface area contributed by atoms with E-state index in [2.05, 4.69) is 62.6 Å². The van der Waals surface area contributed by atoms with Crippen LogP contribution in [0.4, 0.5) is 0 Å². The minimum atomic E-state index is 0.609. The maximum absolute atomic E-state index is 8.71. The van der Waals surface area contributed by atoms with Crippen LogP contribution in [0.3, 0.4) is 0 Å². The zero-order chi connectivity index (χ0) is 13.0. The molecule has 0 saturated heterocycles. The molecule has 0 heterocycles. The maximum Gasteiger partial charge on any atom is 0.105 e. The maximum atomic E-state index is 8.71. The topological polar surface area (TPSA) is 23.8 Å². The van der Waals surface area contributed by atoms with E-state index in [-0.39, 0.29) is 0 Å². The molecule has 0 aliphatic rings. The highest BCUT2D eigenvalue weighted by molar-refractivity contribution is 5.85. The third kappa shape index (κ3) is 2.88. The van der Waals surface area contributed by atoms with Gasteiger partial charge >= 0.3 is 0 Å². The van der Waals surface area contributed by atoms with Crippen LogP contribution in [0, 0.1) is 11.3 Å². The molecule has 2 nitrogen and oxygen atoms in total. The quantitative estimate of drug-likeness (QED) is 0.751. The molecule has 0 amide bonds. The van der Waals surface area contributed by atoms with E-state index in [0.29, 0.717) is 6.42 Å². The van der Waals surface area contributed by atoms with Gasteiger partial charge in [-0.1, -0.05) is 42.5 Å². The van der Waals surface area contributed by atoms with Crippen molar-refractivity contribution >= 4 is 10.8 Å². The number of hydrogen-bond acceptors (Lipinski definition) is 1. The second-order valence-electron chi connectivity index (χ2n) is 5.36. The minimum Gasteiger partial charge on any atom is -0.324 e. The molecule has 18 heavy (non-hydrogen) atoms. The molecule has 0 radical (unpaired) electrons. The van der Waals surface area contributed by atoms with Gasteiger partial charge in [0.05, 0.1) is 33.1 Å². The van der Waals surface area contributed by atoms with Gasteiger partial charge in [-0.05, 0) is 10.8 Å². The Balaban J connectivity index is 2.29. The van der Waals surface area contributed by atoms with Crippen molar-refractivity contribution in [3.8, 4) is 6.07 Å². The molecule has 2 rings (SSSR count). The smallest absolute Gasteiger partial charge is 0.105 e. The van der Waals surface area contributed by atoms with Gasteiger partial charge in [0.15, 0.2) is 0 Å². The van der Waals surface area contributed by atoms with Crippen LogP contribution in [-0.4, -0.2) is 25.1 Å². The van der Waals surface area contributed by atoms with Gasteiger partial charge in [0.1, 0.15) is 6.54 Å². The Morgan fingerprint density at radius 1 is 1.06 bits per heavy atom. The molecule has 0 aliphatic carbocycles. The number of benzene rings is 2. The van der Waals surface area contributed by atoms with Crippen molar-refractivity contribution in [3.05, 3.63) is 48.0 Å². The van der Waals surface area contributed by atoms with E-state index in [1.54, 1.807) is 0 Å². The number of fused-ring (bicyclic) bond motifs is 1. The largest absolute Gasteiger partial charge is 0.324 e. The molecule has 0 N–H and O–H groups in total. The van der Waals surface area contributed by atoms with Crippen molar-refractivity contribution < 1.29 is 4.48 Å². The first-order chi connectivity index (χ1) is 8.62. The highest BCUT2D eigenvalue weighted by Gasteiger charge is 2.16. The van der Waals surface area contributed by atoms with Gasteiger partial charge in [0.2, 0.25) is 0 Å². The predicted molar refractivity (Wildman–Crippen MR) is 74.9 cm³/mol. The summed E-state index contributed by atoms with van der Waals surface area (Å²) in [7, 11) is 4.36. The Hall–Kier alpha value is -1.85. The van der Waals surface area contributed by atoms with Crippen molar-refractivity contribution in [2.24, 2.45) is 0 Å². The first-order valence-electron chi connectivity index (χ1n) is 6.28. The van der Waals surface area contributed by atoms with Crippen LogP contribution < -0.4 is 0 Å². The third-order valence-electron chi connectivity index (χ3n) is 3.31. The number of quaternary nitrogens is 1. The van der Waals surface area contributed by atoms with Gasteiger partial charge < -0.3 is 4.48 Å². The molecule has 0 aromatic heterocycles. The molecule has 92 valence electrons. The number of nitriles is 1. The number of nitrogens with zero attached hydrogens (tertiary/aromatic N) is 2. The molecular formula is C16H19N2+. The van der Waals surface area contributed by atoms with Gasteiger partial charge in [0, 0.05) is 5.56 Å². The summed E-state index contributed by atoms with van der Waals surface area (Å²) in [5.41, 5.74) is 1.36. The first-order valence-corrected chi connectivity index (χ1v) is 6.28. The fourth-order valence-electron chi connectivity index (χ4n) is 2.32. The molecule has 0 spiro atoms. The van der Waals surface area contributed by atoms with Crippen LogP contribution in [0.1, 0.15) is 12.0 Å². The average molecular weight is 239 g/mol. The van der Waals surface area contributed by atoms with E-state index >= 15 is 0 Å². The molecular weight excluding hydrogens is 220 g/mol. The predicted octanol–water partition coefficient (Wildman–Crippen LogP) is 3.33. The van der Waals surface area contributed by atoms with Crippen molar-refractivity contribution in [2.45, 2.75) is 13.0 Å². The fraction of sp³-hybridized carbons (Fsp3) is 0.312. The Morgan fingerprint density at radius 2 is 1.78 bits per heavy atom. The van der Waals surface area contributed by atoms with E-state index in [1.165, 1.54) is 16.3 Å². The summed E-state index contributed by atoms with van der Waals surface area (Å²) in [5, 5.41) is 11.3. The van der Waals surface area contributed by atoms with Crippen LogP contribution in [0.2, 0.25) is 0 Å². The van der Waals surface area contributed by atoms with Crippen LogP contribution >= 0.6 is 0 Å². The number of hydrogen-bond donors (Lipinski definition) is 0. The normalized spacial score (nSPS) is 11.4. The van der Waals surface area contributed by atoms with E-state index in [1.807, 2.05) is 0 Å². The van der Waals surface area contributed by atoms with E-state index in [4.69, 9.17) is 5.26 Å². The summed E-state index contributed by atoms with van der Waals surface area (Å²) in [6.45, 7) is 1.85. The highest BCUT2D eigenvalue weighted by Crippen LogP contribution is 2.21. The molecule has 2 aromatic carbocycles. The van der Waals surface area contributed by atoms with Crippen molar-refractivity contribution in [1.82, 2.24) is 0 Å². The lowest BCUT2D eigenvalue weighted by molar-refractivity contribution is -0.903.